The van der Waals surface area contributed by atoms with E-state index < -0.39 is 6.09 Å². The van der Waals surface area contributed by atoms with Crippen molar-refractivity contribution in [2.24, 2.45) is 0 Å². The highest BCUT2D eigenvalue weighted by molar-refractivity contribution is 6.31. The van der Waals surface area contributed by atoms with E-state index in [-0.39, 0.29) is 6.54 Å². The molecule has 1 aromatic carbocycles. The number of amides is 1. The van der Waals surface area contributed by atoms with Crippen molar-refractivity contribution in [3.63, 3.8) is 0 Å². The number of fused-ring (bicyclic) bond motifs is 1. The number of nitrogens with two attached hydrogens (primary N) is 1. The maximum absolute atomic E-state index is 10.4. The molecular weight excluding hydrogens is 242 g/mol. The number of benzene rings is 1. The molecule has 0 atom stereocenters. The summed E-state index contributed by atoms with van der Waals surface area (Å²) in [5.74, 6) is 0.313. The predicted octanol–water partition coefficient (Wildman–Crippen LogP) is 2.24. The van der Waals surface area contributed by atoms with Crippen molar-refractivity contribution in [2.45, 2.75) is 6.54 Å². The van der Waals surface area contributed by atoms with Crippen LogP contribution in [0.4, 0.5) is 10.6 Å². The van der Waals surface area contributed by atoms with E-state index in [0.717, 1.165) is 10.9 Å². The average Bonchev–Trinajstić information content (AvgIpc) is 2.26. The molecule has 1 heterocycles. The van der Waals surface area contributed by atoms with Crippen LogP contribution < -0.4 is 11.1 Å². The molecule has 2 rings (SSSR count). The van der Waals surface area contributed by atoms with Gasteiger partial charge in [-0.15, -0.1) is 0 Å². The van der Waals surface area contributed by atoms with Crippen molar-refractivity contribution >= 4 is 34.4 Å². The van der Waals surface area contributed by atoms with E-state index in [9.17, 15) is 4.79 Å². The summed E-state index contributed by atoms with van der Waals surface area (Å²) in [5.41, 5.74) is 7.09. The summed E-state index contributed by atoms with van der Waals surface area (Å²) in [4.78, 5) is 14.6. The number of pyridine rings is 1. The first-order valence-electron chi connectivity index (χ1n) is 4.88. The van der Waals surface area contributed by atoms with Gasteiger partial charge in [0.2, 0.25) is 0 Å². The Morgan fingerprint density at radius 2 is 2.24 bits per heavy atom. The van der Waals surface area contributed by atoms with Gasteiger partial charge in [0.05, 0.1) is 5.52 Å². The SMILES string of the molecule is Nc1nc2ccc(Cl)cc2cc1CNC(=O)O. The van der Waals surface area contributed by atoms with Crippen LogP contribution in [0.2, 0.25) is 5.02 Å². The maximum Gasteiger partial charge on any atom is 0.404 e. The molecule has 2 aromatic rings. The van der Waals surface area contributed by atoms with Gasteiger partial charge in [0.1, 0.15) is 5.82 Å². The number of hydrogen-bond acceptors (Lipinski definition) is 3. The van der Waals surface area contributed by atoms with Gasteiger partial charge in [0.15, 0.2) is 0 Å². The molecule has 0 aliphatic heterocycles. The van der Waals surface area contributed by atoms with Crippen molar-refractivity contribution in [1.82, 2.24) is 10.3 Å². The van der Waals surface area contributed by atoms with Crippen molar-refractivity contribution in [1.29, 1.82) is 0 Å². The first kappa shape index (κ1) is 11.5. The molecule has 0 fully saturated rings. The second kappa shape index (κ2) is 4.47. The van der Waals surface area contributed by atoms with Crippen LogP contribution in [-0.2, 0) is 6.54 Å². The molecule has 6 heteroatoms. The van der Waals surface area contributed by atoms with Crippen LogP contribution in [0.3, 0.4) is 0 Å². The lowest BCUT2D eigenvalue weighted by Gasteiger charge is -2.07. The molecule has 0 unspecified atom stereocenters. The lowest BCUT2D eigenvalue weighted by Crippen LogP contribution is -2.20. The van der Waals surface area contributed by atoms with Gasteiger partial charge in [-0.2, -0.15) is 0 Å². The third kappa shape index (κ3) is 2.57. The van der Waals surface area contributed by atoms with E-state index in [2.05, 4.69) is 10.3 Å². The van der Waals surface area contributed by atoms with Gasteiger partial charge in [-0.1, -0.05) is 11.6 Å². The number of hydrogen-bond donors (Lipinski definition) is 3. The maximum atomic E-state index is 10.4. The molecule has 0 spiro atoms. The fourth-order valence-electron chi connectivity index (χ4n) is 1.52. The number of anilines is 1. The molecular formula is C11H10ClN3O2. The van der Waals surface area contributed by atoms with Crippen molar-refractivity contribution < 1.29 is 9.90 Å². The molecule has 0 aliphatic rings. The van der Waals surface area contributed by atoms with Crippen LogP contribution in [0, 0.1) is 0 Å². The quantitative estimate of drug-likeness (QED) is 0.764. The zero-order chi connectivity index (χ0) is 12.4. The highest BCUT2D eigenvalue weighted by Crippen LogP contribution is 2.21. The van der Waals surface area contributed by atoms with Crippen LogP contribution >= 0.6 is 11.6 Å². The highest BCUT2D eigenvalue weighted by atomic mass is 35.5. The summed E-state index contributed by atoms with van der Waals surface area (Å²) in [6.07, 6.45) is -1.10. The fourth-order valence-corrected chi connectivity index (χ4v) is 1.70. The Kier molecular flexibility index (Phi) is 3.01. The molecule has 1 amide bonds. The lowest BCUT2D eigenvalue weighted by molar-refractivity contribution is 0.194. The Labute approximate surface area is 102 Å². The number of rotatable bonds is 2. The molecule has 0 saturated carbocycles. The number of aromatic nitrogens is 1. The summed E-state index contributed by atoms with van der Waals surface area (Å²) < 4.78 is 0. The monoisotopic (exact) mass is 251 g/mol. The average molecular weight is 252 g/mol. The van der Waals surface area contributed by atoms with Crippen LogP contribution in [0.1, 0.15) is 5.56 Å². The number of nitrogen functional groups attached to an aromatic ring is 1. The van der Waals surface area contributed by atoms with Crippen molar-refractivity contribution in [3.05, 3.63) is 34.9 Å². The zero-order valence-corrected chi connectivity index (χ0v) is 9.53. The number of nitrogens with zero attached hydrogens (tertiary/aromatic N) is 1. The Morgan fingerprint density at radius 1 is 1.47 bits per heavy atom. The van der Waals surface area contributed by atoms with E-state index in [1.807, 2.05) is 0 Å². The summed E-state index contributed by atoms with van der Waals surface area (Å²) in [5, 5.41) is 12.2. The van der Waals surface area contributed by atoms with E-state index in [1.54, 1.807) is 24.3 Å². The second-order valence-corrected chi connectivity index (χ2v) is 3.96. The standard InChI is InChI=1S/C11H10ClN3O2/c12-8-1-2-9-6(4-8)3-7(10(13)15-9)5-14-11(16)17/h1-4,14H,5H2,(H2,13,15)(H,16,17). The van der Waals surface area contributed by atoms with Gasteiger partial charge in [-0.3, -0.25) is 0 Å². The molecule has 88 valence electrons. The molecule has 0 aliphatic carbocycles. The number of nitrogens with one attached hydrogen (secondary N) is 1. The van der Waals surface area contributed by atoms with Crippen LogP contribution in [-0.4, -0.2) is 16.2 Å². The Bertz CT molecular complexity index is 586. The van der Waals surface area contributed by atoms with Crippen molar-refractivity contribution in [3.8, 4) is 0 Å². The fraction of sp³-hybridized carbons (Fsp3) is 0.0909. The minimum atomic E-state index is -1.10. The molecule has 5 nitrogen and oxygen atoms in total. The van der Waals surface area contributed by atoms with Crippen LogP contribution in [0.5, 0.6) is 0 Å². The van der Waals surface area contributed by atoms with Gasteiger partial charge < -0.3 is 16.2 Å². The van der Waals surface area contributed by atoms with Gasteiger partial charge in [0.25, 0.3) is 0 Å². The third-order valence-electron chi connectivity index (χ3n) is 2.32. The summed E-state index contributed by atoms with van der Waals surface area (Å²) >= 11 is 5.87. The van der Waals surface area contributed by atoms with Crippen LogP contribution in [0.15, 0.2) is 24.3 Å². The Balaban J connectivity index is 2.42. The second-order valence-electron chi connectivity index (χ2n) is 3.53. The minimum absolute atomic E-state index is 0.122. The van der Waals surface area contributed by atoms with Gasteiger partial charge in [-0.25, -0.2) is 9.78 Å². The van der Waals surface area contributed by atoms with Crippen LogP contribution in [0.25, 0.3) is 10.9 Å². The number of halogens is 1. The third-order valence-corrected chi connectivity index (χ3v) is 2.55. The molecule has 1 aromatic heterocycles. The summed E-state index contributed by atoms with van der Waals surface area (Å²) in [7, 11) is 0. The smallest absolute Gasteiger partial charge is 0.404 e. The highest BCUT2D eigenvalue weighted by Gasteiger charge is 2.05. The topological polar surface area (TPSA) is 88.2 Å². The van der Waals surface area contributed by atoms with E-state index >= 15 is 0 Å². The predicted molar refractivity (Wildman–Crippen MR) is 66.0 cm³/mol. The number of carboxylic acid groups (broad SMARTS) is 1. The van der Waals surface area contributed by atoms with Gasteiger partial charge in [0, 0.05) is 22.5 Å². The lowest BCUT2D eigenvalue weighted by atomic mass is 10.1. The molecule has 4 N–H and O–H groups in total. The summed E-state index contributed by atoms with van der Waals surface area (Å²) in [6.45, 7) is 0.122. The van der Waals surface area contributed by atoms with Gasteiger partial charge in [-0.05, 0) is 24.3 Å². The zero-order valence-electron chi connectivity index (χ0n) is 8.77. The first-order chi connectivity index (χ1) is 8.06. The molecule has 17 heavy (non-hydrogen) atoms. The molecule has 0 radical (unpaired) electrons. The van der Waals surface area contributed by atoms with E-state index in [0.29, 0.717) is 16.4 Å². The largest absolute Gasteiger partial charge is 0.465 e. The summed E-state index contributed by atoms with van der Waals surface area (Å²) in [6, 6.07) is 7.03. The van der Waals surface area contributed by atoms with E-state index in [4.69, 9.17) is 22.4 Å². The van der Waals surface area contributed by atoms with Crippen molar-refractivity contribution in [2.75, 3.05) is 5.73 Å². The molecule has 0 bridgehead atoms. The molecule has 0 saturated heterocycles. The Hall–Kier alpha value is -2.01. The van der Waals surface area contributed by atoms with E-state index in [1.165, 1.54) is 0 Å². The normalized spacial score (nSPS) is 10.4. The Morgan fingerprint density at radius 3 is 2.94 bits per heavy atom. The minimum Gasteiger partial charge on any atom is -0.465 e. The number of carbonyl (C=O) groups is 1. The first-order valence-corrected chi connectivity index (χ1v) is 5.25. The van der Waals surface area contributed by atoms with Gasteiger partial charge >= 0.3 is 6.09 Å².